The lowest BCUT2D eigenvalue weighted by molar-refractivity contribution is 0.0763. The zero-order valence-electron chi connectivity index (χ0n) is 12.3. The number of nitrogens with two attached hydrogens (primary N) is 1. The molecule has 0 fully saturated rings. The molecule has 0 saturated carbocycles. The predicted molar refractivity (Wildman–Crippen MR) is 86.8 cm³/mol. The third kappa shape index (κ3) is 4.53. The summed E-state index contributed by atoms with van der Waals surface area (Å²) >= 11 is 2.99. The molecule has 1 amide bonds. The maximum Gasteiger partial charge on any atom is 0.267 e. The fourth-order valence-electron chi connectivity index (χ4n) is 1.53. The Labute approximate surface area is 128 Å². The number of aromatic nitrogens is 1. The topological polar surface area (TPSA) is 80.5 Å². The molecule has 0 aromatic carbocycles. The van der Waals surface area contributed by atoms with Gasteiger partial charge in [0.15, 0.2) is 5.13 Å². The molecule has 1 aromatic rings. The normalized spacial score (nSPS) is 12.2. The van der Waals surface area contributed by atoms with Crippen molar-refractivity contribution >= 4 is 40.0 Å². The maximum absolute atomic E-state index is 12.4. The van der Waals surface area contributed by atoms with Gasteiger partial charge in [-0.05, 0) is 13.2 Å². The number of anilines is 2. The number of nitrogens with zero attached hydrogens (tertiary/aromatic N) is 2. The second-order valence-corrected chi connectivity index (χ2v) is 6.28. The minimum atomic E-state index is -0.0821. The Kier molecular flexibility index (Phi) is 7.11. The van der Waals surface area contributed by atoms with Gasteiger partial charge in [-0.25, -0.2) is 4.98 Å². The Hall–Kier alpha value is -0.990. The molecule has 0 aliphatic carbocycles. The van der Waals surface area contributed by atoms with Crippen molar-refractivity contribution in [1.82, 2.24) is 9.88 Å². The minimum Gasteiger partial charge on any atom is -0.383 e. The van der Waals surface area contributed by atoms with E-state index in [1.54, 1.807) is 30.8 Å². The van der Waals surface area contributed by atoms with Gasteiger partial charge in [0.1, 0.15) is 10.7 Å². The standard InChI is InChI=1S/C12H22N4O2S2/c1-8(7-19-4)16(2)11(17)9-10(13)15-12(20-9)14-5-6-18-3/h8H,5-7,13H2,1-4H3,(H,14,15). The van der Waals surface area contributed by atoms with Crippen molar-refractivity contribution in [1.29, 1.82) is 0 Å². The second kappa shape index (κ2) is 8.33. The van der Waals surface area contributed by atoms with Gasteiger partial charge in [-0.1, -0.05) is 11.3 Å². The summed E-state index contributed by atoms with van der Waals surface area (Å²) in [5.74, 6) is 1.09. The van der Waals surface area contributed by atoms with Crippen molar-refractivity contribution in [2.24, 2.45) is 0 Å². The number of nitrogens with one attached hydrogen (secondary N) is 1. The van der Waals surface area contributed by atoms with E-state index in [1.165, 1.54) is 11.3 Å². The van der Waals surface area contributed by atoms with Crippen LogP contribution in [0.5, 0.6) is 0 Å². The number of ether oxygens (including phenoxy) is 1. The molecule has 1 rings (SSSR count). The van der Waals surface area contributed by atoms with E-state index in [1.807, 2.05) is 13.2 Å². The highest BCUT2D eigenvalue weighted by Crippen LogP contribution is 2.26. The summed E-state index contributed by atoms with van der Waals surface area (Å²) in [6.45, 7) is 3.23. The van der Waals surface area contributed by atoms with Crippen LogP contribution in [0, 0.1) is 0 Å². The molecule has 1 atom stereocenters. The van der Waals surface area contributed by atoms with E-state index in [0.717, 1.165) is 5.75 Å². The van der Waals surface area contributed by atoms with Gasteiger partial charge in [-0.2, -0.15) is 11.8 Å². The summed E-state index contributed by atoms with van der Waals surface area (Å²) < 4.78 is 4.95. The number of carbonyl (C=O) groups excluding carboxylic acids is 1. The third-order valence-electron chi connectivity index (χ3n) is 2.82. The van der Waals surface area contributed by atoms with E-state index in [4.69, 9.17) is 10.5 Å². The summed E-state index contributed by atoms with van der Waals surface area (Å²) in [5, 5.41) is 3.73. The van der Waals surface area contributed by atoms with Crippen LogP contribution < -0.4 is 11.1 Å². The van der Waals surface area contributed by atoms with Gasteiger partial charge < -0.3 is 20.7 Å². The zero-order chi connectivity index (χ0) is 15.1. The molecular formula is C12H22N4O2S2. The molecule has 1 aromatic heterocycles. The number of amides is 1. The van der Waals surface area contributed by atoms with Gasteiger partial charge in [0.2, 0.25) is 0 Å². The largest absolute Gasteiger partial charge is 0.383 e. The van der Waals surface area contributed by atoms with Crippen molar-refractivity contribution < 1.29 is 9.53 Å². The molecule has 0 radical (unpaired) electrons. The van der Waals surface area contributed by atoms with Crippen LogP contribution in [-0.4, -0.2) is 61.2 Å². The number of thioether (sulfide) groups is 1. The first-order chi connectivity index (χ1) is 9.51. The lowest BCUT2D eigenvalue weighted by Crippen LogP contribution is -2.36. The molecule has 0 spiro atoms. The first-order valence-electron chi connectivity index (χ1n) is 6.26. The van der Waals surface area contributed by atoms with Crippen molar-refractivity contribution in [2.75, 3.05) is 50.4 Å². The van der Waals surface area contributed by atoms with E-state index in [2.05, 4.69) is 10.3 Å². The quantitative estimate of drug-likeness (QED) is 0.709. The van der Waals surface area contributed by atoms with Crippen LogP contribution in [0.4, 0.5) is 10.9 Å². The summed E-state index contributed by atoms with van der Waals surface area (Å²) in [7, 11) is 3.43. The highest BCUT2D eigenvalue weighted by Gasteiger charge is 2.22. The molecule has 1 unspecified atom stereocenters. The van der Waals surface area contributed by atoms with Gasteiger partial charge >= 0.3 is 0 Å². The second-order valence-electron chi connectivity index (χ2n) is 4.37. The third-order valence-corrected chi connectivity index (χ3v) is 4.65. The first kappa shape index (κ1) is 17.1. The number of hydrogen-bond donors (Lipinski definition) is 2. The van der Waals surface area contributed by atoms with Crippen molar-refractivity contribution in [2.45, 2.75) is 13.0 Å². The molecule has 0 aliphatic heterocycles. The number of nitrogen functional groups attached to an aromatic ring is 1. The minimum absolute atomic E-state index is 0.0821. The first-order valence-corrected chi connectivity index (χ1v) is 8.47. The van der Waals surface area contributed by atoms with E-state index in [9.17, 15) is 4.79 Å². The monoisotopic (exact) mass is 318 g/mol. The van der Waals surface area contributed by atoms with Crippen LogP contribution in [0.1, 0.15) is 16.6 Å². The SMILES string of the molecule is COCCNc1nc(N)c(C(=O)N(C)C(C)CSC)s1. The lowest BCUT2D eigenvalue weighted by Gasteiger charge is -2.23. The molecule has 0 saturated heterocycles. The fourth-order valence-corrected chi connectivity index (χ4v) is 3.13. The Morgan fingerprint density at radius 1 is 1.65 bits per heavy atom. The van der Waals surface area contributed by atoms with Crippen LogP contribution in [0.25, 0.3) is 0 Å². The van der Waals surface area contributed by atoms with E-state index < -0.39 is 0 Å². The highest BCUT2D eigenvalue weighted by atomic mass is 32.2. The number of methoxy groups -OCH3 is 1. The van der Waals surface area contributed by atoms with Crippen LogP contribution >= 0.6 is 23.1 Å². The van der Waals surface area contributed by atoms with Gasteiger partial charge in [-0.3, -0.25) is 4.79 Å². The Bertz CT molecular complexity index is 439. The molecule has 20 heavy (non-hydrogen) atoms. The van der Waals surface area contributed by atoms with Gasteiger partial charge in [0.25, 0.3) is 5.91 Å². The van der Waals surface area contributed by atoms with Gasteiger partial charge in [0.05, 0.1) is 6.61 Å². The average molecular weight is 318 g/mol. The molecule has 0 aliphatic rings. The number of rotatable bonds is 8. The van der Waals surface area contributed by atoms with Gasteiger partial charge in [0, 0.05) is 32.5 Å². The maximum atomic E-state index is 12.4. The smallest absolute Gasteiger partial charge is 0.267 e. The predicted octanol–water partition coefficient (Wildman–Crippen LogP) is 1.61. The van der Waals surface area contributed by atoms with Crippen LogP contribution in [0.3, 0.4) is 0 Å². The Balaban J connectivity index is 2.72. The number of hydrogen-bond acceptors (Lipinski definition) is 7. The average Bonchev–Trinajstić information content (AvgIpc) is 2.79. The molecular weight excluding hydrogens is 296 g/mol. The molecule has 114 valence electrons. The van der Waals surface area contributed by atoms with Crippen molar-refractivity contribution in [3.05, 3.63) is 4.88 Å². The van der Waals surface area contributed by atoms with Crippen molar-refractivity contribution in [3.8, 4) is 0 Å². The van der Waals surface area contributed by atoms with Crippen molar-refractivity contribution in [3.63, 3.8) is 0 Å². The molecule has 0 bridgehead atoms. The summed E-state index contributed by atoms with van der Waals surface area (Å²) in [6.07, 6.45) is 2.02. The molecule has 1 heterocycles. The summed E-state index contributed by atoms with van der Waals surface area (Å²) in [5.41, 5.74) is 5.83. The van der Waals surface area contributed by atoms with Crippen LogP contribution in [-0.2, 0) is 4.74 Å². The fraction of sp³-hybridized carbons (Fsp3) is 0.667. The van der Waals surface area contributed by atoms with E-state index >= 15 is 0 Å². The number of carbonyl (C=O) groups is 1. The van der Waals surface area contributed by atoms with Crippen LogP contribution in [0.15, 0.2) is 0 Å². The van der Waals surface area contributed by atoms with Gasteiger partial charge in [-0.15, -0.1) is 0 Å². The number of thiazole rings is 1. The molecule has 3 N–H and O–H groups in total. The Morgan fingerprint density at radius 2 is 2.35 bits per heavy atom. The van der Waals surface area contributed by atoms with Crippen LogP contribution in [0.2, 0.25) is 0 Å². The summed E-state index contributed by atoms with van der Waals surface area (Å²) in [6, 6.07) is 0.156. The van der Waals surface area contributed by atoms with E-state index in [-0.39, 0.29) is 17.8 Å². The molecule has 6 nitrogen and oxygen atoms in total. The van der Waals surface area contributed by atoms with E-state index in [0.29, 0.717) is 23.2 Å². The molecule has 8 heteroatoms. The Morgan fingerprint density at radius 3 is 2.95 bits per heavy atom. The highest BCUT2D eigenvalue weighted by molar-refractivity contribution is 7.98. The lowest BCUT2D eigenvalue weighted by atomic mass is 10.3. The summed E-state index contributed by atoms with van der Waals surface area (Å²) in [4.78, 5) is 18.7. The zero-order valence-corrected chi connectivity index (χ0v) is 13.9.